The van der Waals surface area contributed by atoms with Crippen LogP contribution in [-0.2, 0) is 0 Å². The average molecular weight is 168 g/mol. The van der Waals surface area contributed by atoms with Crippen LogP contribution in [0.15, 0.2) is 12.3 Å². The topological polar surface area (TPSA) is 38.0 Å². The molecule has 3 N–H and O–H groups in total. The van der Waals surface area contributed by atoms with Crippen molar-refractivity contribution in [3.8, 4) is 0 Å². The van der Waals surface area contributed by atoms with E-state index in [0.717, 1.165) is 24.6 Å². The van der Waals surface area contributed by atoms with Gasteiger partial charge in [-0.1, -0.05) is 27.4 Å². The Morgan fingerprint density at radius 3 is 2.33 bits per heavy atom. The summed E-state index contributed by atoms with van der Waals surface area (Å²) in [5, 5.41) is 3.39. The number of nitrogens with one attached hydrogen (secondary N) is 1. The molecule has 1 heterocycles. The molecule has 0 saturated carbocycles. The van der Waals surface area contributed by atoms with Crippen LogP contribution >= 0.6 is 0 Å². The van der Waals surface area contributed by atoms with Gasteiger partial charge < -0.3 is 11.1 Å². The molecule has 0 aromatic carbocycles. The summed E-state index contributed by atoms with van der Waals surface area (Å²) in [6, 6.07) is 0.342. The largest absolute Gasteiger partial charge is 0.401 e. The Balaban J connectivity index is 2.51. The first-order valence-electron chi connectivity index (χ1n) is 4.59. The van der Waals surface area contributed by atoms with E-state index < -0.39 is 0 Å². The molecule has 0 amide bonds. The van der Waals surface area contributed by atoms with Gasteiger partial charge >= 0.3 is 0 Å². The van der Waals surface area contributed by atoms with Gasteiger partial charge in [-0.3, -0.25) is 0 Å². The van der Waals surface area contributed by atoms with Gasteiger partial charge in [0, 0.05) is 11.7 Å². The molecule has 1 aliphatic heterocycles. The van der Waals surface area contributed by atoms with Gasteiger partial charge in [-0.05, 0) is 24.3 Å². The monoisotopic (exact) mass is 168 g/mol. The zero-order valence-corrected chi connectivity index (χ0v) is 8.35. The minimum Gasteiger partial charge on any atom is -0.401 e. The molecule has 1 aliphatic rings. The van der Waals surface area contributed by atoms with E-state index in [1.54, 1.807) is 0 Å². The number of nitrogens with two attached hydrogens (primary N) is 1. The number of hydrogen-bond acceptors (Lipinski definition) is 2. The Bertz CT molecular complexity index is 179. The van der Waals surface area contributed by atoms with E-state index in [4.69, 9.17) is 5.73 Å². The summed E-state index contributed by atoms with van der Waals surface area (Å²) in [6.07, 6.45) is 1.14. The van der Waals surface area contributed by atoms with Crippen LogP contribution in [0.4, 0.5) is 0 Å². The lowest BCUT2D eigenvalue weighted by atomic mass is 9.79. The van der Waals surface area contributed by atoms with E-state index in [0.29, 0.717) is 11.5 Å². The second-order valence-electron chi connectivity index (χ2n) is 4.83. The van der Waals surface area contributed by atoms with Crippen LogP contribution in [0.5, 0.6) is 0 Å². The third-order valence-electron chi connectivity index (χ3n) is 2.80. The predicted octanol–water partition coefficient (Wildman–Crippen LogP) is 1.48. The number of hydrogen-bond donors (Lipinski definition) is 2. The van der Waals surface area contributed by atoms with Gasteiger partial charge in [0.1, 0.15) is 0 Å². The fraction of sp³-hybridized carbons (Fsp3) is 0.800. The highest BCUT2D eigenvalue weighted by Gasteiger charge is 2.32. The fourth-order valence-corrected chi connectivity index (χ4v) is 1.68. The van der Waals surface area contributed by atoms with Crippen molar-refractivity contribution >= 4 is 0 Å². The van der Waals surface area contributed by atoms with Crippen LogP contribution in [-0.4, -0.2) is 12.6 Å². The van der Waals surface area contributed by atoms with Crippen LogP contribution < -0.4 is 11.1 Å². The molecule has 0 radical (unpaired) electrons. The SMILES string of the molecule is C=C(N)C1CC(C(C)(C)C)CN1. The van der Waals surface area contributed by atoms with Gasteiger partial charge in [0.15, 0.2) is 0 Å². The summed E-state index contributed by atoms with van der Waals surface area (Å²) in [5.41, 5.74) is 6.81. The van der Waals surface area contributed by atoms with Gasteiger partial charge in [-0.15, -0.1) is 0 Å². The van der Waals surface area contributed by atoms with Crippen LogP contribution in [0.3, 0.4) is 0 Å². The molecule has 12 heavy (non-hydrogen) atoms. The Morgan fingerprint density at radius 1 is 1.50 bits per heavy atom. The molecule has 2 nitrogen and oxygen atoms in total. The van der Waals surface area contributed by atoms with E-state index in [-0.39, 0.29) is 0 Å². The van der Waals surface area contributed by atoms with Crippen molar-refractivity contribution in [1.82, 2.24) is 5.32 Å². The van der Waals surface area contributed by atoms with Crippen molar-refractivity contribution in [3.05, 3.63) is 12.3 Å². The summed E-state index contributed by atoms with van der Waals surface area (Å²) in [7, 11) is 0. The smallest absolute Gasteiger partial charge is 0.0464 e. The molecule has 1 saturated heterocycles. The maximum atomic E-state index is 5.65. The summed E-state index contributed by atoms with van der Waals surface area (Å²) in [5.74, 6) is 0.725. The lowest BCUT2D eigenvalue weighted by Crippen LogP contribution is -2.27. The van der Waals surface area contributed by atoms with E-state index in [1.807, 2.05) is 0 Å². The molecule has 0 aromatic rings. The van der Waals surface area contributed by atoms with Crippen molar-refractivity contribution in [2.45, 2.75) is 33.2 Å². The van der Waals surface area contributed by atoms with Crippen LogP contribution in [0.1, 0.15) is 27.2 Å². The van der Waals surface area contributed by atoms with Crippen molar-refractivity contribution in [3.63, 3.8) is 0 Å². The predicted molar refractivity (Wildman–Crippen MR) is 52.7 cm³/mol. The zero-order valence-electron chi connectivity index (χ0n) is 8.35. The molecular formula is C10H20N2. The first kappa shape index (κ1) is 9.59. The number of rotatable bonds is 1. The highest BCUT2D eigenvalue weighted by molar-refractivity contribution is 5.05. The molecule has 0 spiro atoms. The molecule has 70 valence electrons. The minimum atomic E-state index is 0.342. The van der Waals surface area contributed by atoms with Crippen molar-refractivity contribution in [2.24, 2.45) is 17.1 Å². The Labute approximate surface area is 75.2 Å². The summed E-state index contributed by atoms with van der Waals surface area (Å²) >= 11 is 0. The van der Waals surface area contributed by atoms with Gasteiger partial charge in [-0.2, -0.15) is 0 Å². The van der Waals surface area contributed by atoms with E-state index in [2.05, 4.69) is 32.7 Å². The van der Waals surface area contributed by atoms with Crippen LogP contribution in [0, 0.1) is 11.3 Å². The second kappa shape index (κ2) is 3.09. The Kier molecular flexibility index (Phi) is 2.47. The summed E-state index contributed by atoms with van der Waals surface area (Å²) < 4.78 is 0. The molecule has 1 rings (SSSR count). The minimum absolute atomic E-state index is 0.342. The Morgan fingerprint density at radius 2 is 2.08 bits per heavy atom. The summed E-state index contributed by atoms with van der Waals surface area (Å²) in [6.45, 7) is 11.7. The molecule has 2 unspecified atom stereocenters. The summed E-state index contributed by atoms with van der Waals surface area (Å²) in [4.78, 5) is 0. The second-order valence-corrected chi connectivity index (χ2v) is 4.83. The van der Waals surface area contributed by atoms with Gasteiger partial charge in [-0.25, -0.2) is 0 Å². The molecule has 2 atom stereocenters. The lowest BCUT2D eigenvalue weighted by Gasteiger charge is -2.26. The van der Waals surface area contributed by atoms with E-state index in [9.17, 15) is 0 Å². The third kappa shape index (κ3) is 2.01. The molecule has 2 heteroatoms. The van der Waals surface area contributed by atoms with Crippen LogP contribution in [0.2, 0.25) is 0 Å². The third-order valence-corrected chi connectivity index (χ3v) is 2.80. The van der Waals surface area contributed by atoms with Crippen molar-refractivity contribution in [2.75, 3.05) is 6.54 Å². The quantitative estimate of drug-likeness (QED) is 0.622. The van der Waals surface area contributed by atoms with Gasteiger partial charge in [0.25, 0.3) is 0 Å². The normalized spacial score (nSPS) is 30.6. The highest BCUT2D eigenvalue weighted by Crippen LogP contribution is 2.33. The van der Waals surface area contributed by atoms with Crippen molar-refractivity contribution < 1.29 is 0 Å². The average Bonchev–Trinajstić information content (AvgIpc) is 2.30. The fourth-order valence-electron chi connectivity index (χ4n) is 1.68. The van der Waals surface area contributed by atoms with E-state index in [1.165, 1.54) is 0 Å². The maximum Gasteiger partial charge on any atom is 0.0464 e. The lowest BCUT2D eigenvalue weighted by molar-refractivity contribution is 0.259. The molecule has 0 aliphatic carbocycles. The molecule has 0 bridgehead atoms. The Hall–Kier alpha value is -0.500. The molecule has 0 aromatic heterocycles. The van der Waals surface area contributed by atoms with Crippen LogP contribution in [0.25, 0.3) is 0 Å². The standard InChI is InChI=1S/C10H20N2/c1-7(11)9-5-8(6-12-9)10(2,3)4/h8-9,12H,1,5-6,11H2,2-4H3. The van der Waals surface area contributed by atoms with Crippen molar-refractivity contribution in [1.29, 1.82) is 0 Å². The zero-order chi connectivity index (χ0) is 9.35. The van der Waals surface area contributed by atoms with Gasteiger partial charge in [0.05, 0.1) is 0 Å². The first-order valence-corrected chi connectivity index (χ1v) is 4.59. The molecule has 1 fully saturated rings. The van der Waals surface area contributed by atoms with E-state index >= 15 is 0 Å². The maximum absolute atomic E-state index is 5.65. The highest BCUT2D eigenvalue weighted by atomic mass is 15.0. The van der Waals surface area contributed by atoms with Gasteiger partial charge in [0.2, 0.25) is 0 Å². The first-order chi connectivity index (χ1) is 5.41. The molecular weight excluding hydrogens is 148 g/mol.